The molecule has 2 aromatic heterocycles. The lowest BCUT2D eigenvalue weighted by Crippen LogP contribution is -2.01. The summed E-state index contributed by atoms with van der Waals surface area (Å²) in [5.74, 6) is -0.157. The fourth-order valence-corrected chi connectivity index (χ4v) is 3.60. The van der Waals surface area contributed by atoms with E-state index in [1.165, 1.54) is 11.8 Å². The summed E-state index contributed by atoms with van der Waals surface area (Å²) in [4.78, 5) is 16.3. The van der Waals surface area contributed by atoms with E-state index < -0.39 is 5.97 Å². The number of hydrogen-bond donors (Lipinski definition) is 1. The van der Waals surface area contributed by atoms with Gasteiger partial charge in [0.15, 0.2) is 11.3 Å². The summed E-state index contributed by atoms with van der Waals surface area (Å²) in [5.41, 5.74) is 1.99. The van der Waals surface area contributed by atoms with Gasteiger partial charge >= 0.3 is 5.97 Å². The lowest BCUT2D eigenvalue weighted by Gasteiger charge is -2.06. The largest absolute Gasteiger partial charge is 0.477 e. The molecule has 0 saturated heterocycles. The molecule has 0 aliphatic carbocycles. The van der Waals surface area contributed by atoms with E-state index in [4.69, 9.17) is 0 Å². The molecule has 1 aromatic carbocycles. The summed E-state index contributed by atoms with van der Waals surface area (Å²) in [5, 5.41) is 9.18. The molecule has 0 unspecified atom stereocenters. The first-order valence-corrected chi connectivity index (χ1v) is 7.99. The Morgan fingerprint density at radius 1 is 1.33 bits per heavy atom. The second-order valence-electron chi connectivity index (χ2n) is 4.44. The Balaban J connectivity index is 1.92. The quantitative estimate of drug-likeness (QED) is 0.710. The van der Waals surface area contributed by atoms with Crippen LogP contribution in [0.1, 0.15) is 16.1 Å². The van der Waals surface area contributed by atoms with Crippen molar-refractivity contribution in [3.63, 3.8) is 0 Å². The van der Waals surface area contributed by atoms with E-state index in [1.807, 2.05) is 30.5 Å². The maximum atomic E-state index is 11.2. The monoisotopic (exact) mass is 362 g/mol. The van der Waals surface area contributed by atoms with Crippen molar-refractivity contribution in [3.8, 4) is 0 Å². The molecule has 0 radical (unpaired) electrons. The minimum atomic E-state index is -0.986. The van der Waals surface area contributed by atoms with Gasteiger partial charge < -0.3 is 5.11 Å². The van der Waals surface area contributed by atoms with Gasteiger partial charge in [0.1, 0.15) is 0 Å². The second-order valence-corrected chi connectivity index (χ2v) is 6.34. The van der Waals surface area contributed by atoms with Crippen molar-refractivity contribution in [1.82, 2.24) is 9.38 Å². The number of hydrogen-bond acceptors (Lipinski definition) is 3. The average Bonchev–Trinajstić information content (AvgIpc) is 2.91. The molecule has 2 heterocycles. The van der Waals surface area contributed by atoms with Crippen molar-refractivity contribution in [3.05, 3.63) is 64.5 Å². The molecule has 0 fully saturated rings. The predicted molar refractivity (Wildman–Crippen MR) is 85.9 cm³/mol. The molecule has 0 bridgehead atoms. The molecule has 0 saturated carbocycles. The van der Waals surface area contributed by atoms with E-state index >= 15 is 0 Å². The smallest absolute Gasteiger partial charge is 0.354 e. The summed E-state index contributed by atoms with van der Waals surface area (Å²) in [6, 6.07) is 12.1. The van der Waals surface area contributed by atoms with Crippen LogP contribution in [0.5, 0.6) is 0 Å². The normalized spacial score (nSPS) is 10.9. The number of aromatic nitrogens is 2. The highest BCUT2D eigenvalue weighted by Gasteiger charge is 2.13. The third-order valence-electron chi connectivity index (χ3n) is 3.00. The summed E-state index contributed by atoms with van der Waals surface area (Å²) >= 11 is 5.10. The molecule has 3 aromatic rings. The van der Waals surface area contributed by atoms with Crippen molar-refractivity contribution >= 4 is 39.3 Å². The van der Waals surface area contributed by atoms with Crippen molar-refractivity contribution in [2.24, 2.45) is 0 Å². The molecule has 0 spiro atoms. The second kappa shape index (κ2) is 5.91. The number of carboxylic acid groups (broad SMARTS) is 1. The van der Waals surface area contributed by atoms with Crippen LogP contribution in [-0.4, -0.2) is 20.5 Å². The van der Waals surface area contributed by atoms with Crippen LogP contribution in [0.25, 0.3) is 5.65 Å². The molecule has 0 amide bonds. The number of halogens is 1. The van der Waals surface area contributed by atoms with Gasteiger partial charge in [-0.3, -0.25) is 4.40 Å². The molecule has 1 N–H and O–H groups in total. The summed E-state index contributed by atoms with van der Waals surface area (Å²) in [6.45, 7) is 0. The maximum absolute atomic E-state index is 11.2. The Bertz CT molecular complexity index is 802. The van der Waals surface area contributed by atoms with E-state index in [0.29, 0.717) is 5.65 Å². The highest BCUT2D eigenvalue weighted by atomic mass is 79.9. The number of nitrogens with zero attached hydrogens (tertiary/aromatic N) is 2. The number of carboxylic acids is 1. The van der Waals surface area contributed by atoms with Crippen LogP contribution >= 0.6 is 27.7 Å². The molecule has 4 nitrogen and oxygen atoms in total. The minimum absolute atomic E-state index is 0.160. The van der Waals surface area contributed by atoms with Crippen LogP contribution in [0.2, 0.25) is 0 Å². The number of thioether (sulfide) groups is 1. The molecule has 21 heavy (non-hydrogen) atoms. The third-order valence-corrected chi connectivity index (χ3v) is 4.62. The SMILES string of the molecule is O=C(O)c1cnc2c(Br)cc(SCc3ccccc3)cn12. The van der Waals surface area contributed by atoms with Gasteiger partial charge in [0, 0.05) is 16.8 Å². The minimum Gasteiger partial charge on any atom is -0.477 e. The third kappa shape index (κ3) is 2.96. The van der Waals surface area contributed by atoms with Crippen LogP contribution in [-0.2, 0) is 5.75 Å². The maximum Gasteiger partial charge on any atom is 0.354 e. The first-order valence-electron chi connectivity index (χ1n) is 6.22. The van der Waals surface area contributed by atoms with Crippen molar-refractivity contribution < 1.29 is 9.90 Å². The molecule has 0 aliphatic rings. The van der Waals surface area contributed by atoms with Gasteiger partial charge in [0.2, 0.25) is 0 Å². The number of benzene rings is 1. The Hall–Kier alpha value is -1.79. The zero-order valence-electron chi connectivity index (χ0n) is 10.9. The van der Waals surface area contributed by atoms with E-state index in [1.54, 1.807) is 16.2 Å². The zero-order valence-corrected chi connectivity index (χ0v) is 13.3. The van der Waals surface area contributed by atoms with E-state index in [0.717, 1.165) is 15.1 Å². The highest BCUT2D eigenvalue weighted by molar-refractivity contribution is 9.10. The molecular weight excluding hydrogens is 352 g/mol. The van der Waals surface area contributed by atoms with Gasteiger partial charge in [-0.1, -0.05) is 30.3 Å². The number of imidazole rings is 1. The summed E-state index contributed by atoms with van der Waals surface area (Å²) < 4.78 is 2.38. The first-order chi connectivity index (χ1) is 10.1. The molecule has 6 heteroatoms. The first kappa shape index (κ1) is 14.2. The topological polar surface area (TPSA) is 54.6 Å². The zero-order chi connectivity index (χ0) is 14.8. The number of rotatable bonds is 4. The molecule has 3 rings (SSSR count). The number of aromatic carboxylic acids is 1. The molecule has 106 valence electrons. The summed E-state index contributed by atoms with van der Waals surface area (Å²) in [7, 11) is 0. The lowest BCUT2D eigenvalue weighted by molar-refractivity contribution is 0.0689. The van der Waals surface area contributed by atoms with E-state index in [2.05, 4.69) is 33.0 Å². The Morgan fingerprint density at radius 2 is 2.10 bits per heavy atom. The van der Waals surface area contributed by atoms with Crippen molar-refractivity contribution in [2.45, 2.75) is 10.6 Å². The van der Waals surface area contributed by atoms with Crippen LogP contribution < -0.4 is 0 Å². The van der Waals surface area contributed by atoms with Gasteiger partial charge in [0.05, 0.1) is 10.7 Å². The van der Waals surface area contributed by atoms with E-state index in [-0.39, 0.29) is 5.69 Å². The highest BCUT2D eigenvalue weighted by Crippen LogP contribution is 2.28. The van der Waals surface area contributed by atoms with E-state index in [9.17, 15) is 9.90 Å². The van der Waals surface area contributed by atoms with Crippen LogP contribution in [0.4, 0.5) is 0 Å². The molecule has 0 atom stereocenters. The predicted octanol–water partition coefficient (Wildman–Crippen LogP) is 4.09. The van der Waals surface area contributed by atoms with Crippen LogP contribution in [0.15, 0.2) is 58.2 Å². The van der Waals surface area contributed by atoms with Crippen molar-refractivity contribution in [1.29, 1.82) is 0 Å². The lowest BCUT2D eigenvalue weighted by atomic mass is 10.2. The number of pyridine rings is 1. The Morgan fingerprint density at radius 3 is 2.81 bits per heavy atom. The number of carbonyl (C=O) groups is 1. The average molecular weight is 363 g/mol. The number of fused-ring (bicyclic) bond motifs is 1. The van der Waals surface area contributed by atoms with Gasteiger partial charge in [-0.15, -0.1) is 11.8 Å². The Labute approximate surface area is 134 Å². The standard InChI is InChI=1S/C15H11BrN2O2S/c16-12-6-11(21-9-10-4-2-1-3-5-10)8-18-13(15(19)20)7-17-14(12)18/h1-8H,9H2,(H,19,20). The molecular formula is C15H11BrN2O2S. The summed E-state index contributed by atoms with van der Waals surface area (Å²) in [6.07, 6.45) is 3.18. The fourth-order valence-electron chi connectivity index (χ4n) is 2.00. The van der Waals surface area contributed by atoms with Gasteiger partial charge in [-0.05, 0) is 27.6 Å². The van der Waals surface area contributed by atoms with Crippen LogP contribution in [0.3, 0.4) is 0 Å². The Kier molecular flexibility index (Phi) is 3.98. The van der Waals surface area contributed by atoms with Gasteiger partial charge in [-0.2, -0.15) is 0 Å². The van der Waals surface area contributed by atoms with Gasteiger partial charge in [-0.25, -0.2) is 9.78 Å². The van der Waals surface area contributed by atoms with Crippen molar-refractivity contribution in [2.75, 3.05) is 0 Å². The van der Waals surface area contributed by atoms with Gasteiger partial charge in [0.25, 0.3) is 0 Å². The molecule has 0 aliphatic heterocycles. The van der Waals surface area contributed by atoms with Crippen LogP contribution in [0, 0.1) is 0 Å². The fraction of sp³-hybridized carbons (Fsp3) is 0.0667.